The monoisotopic (exact) mass is 254 g/mol. The van der Waals surface area contributed by atoms with Crippen molar-refractivity contribution in [3.05, 3.63) is 0 Å². The summed E-state index contributed by atoms with van der Waals surface area (Å²) in [5.74, 6) is 0.896. The SMILES string of the molecule is CC(C)NCC(C)N1CCCC(C(C)(C)C)CC1. The fraction of sp³-hybridized carbons (Fsp3) is 1.00. The molecule has 0 spiro atoms. The first-order valence-electron chi connectivity index (χ1n) is 7.78. The molecule has 1 N–H and O–H groups in total. The maximum Gasteiger partial charge on any atom is 0.0192 e. The molecule has 2 atom stereocenters. The summed E-state index contributed by atoms with van der Waals surface area (Å²) in [5, 5.41) is 3.56. The van der Waals surface area contributed by atoms with Crippen LogP contribution in [0.15, 0.2) is 0 Å². The Balaban J connectivity index is 2.41. The van der Waals surface area contributed by atoms with Crippen LogP contribution in [0.2, 0.25) is 0 Å². The van der Waals surface area contributed by atoms with Gasteiger partial charge in [0.05, 0.1) is 0 Å². The lowest BCUT2D eigenvalue weighted by atomic mass is 9.77. The van der Waals surface area contributed by atoms with Crippen LogP contribution >= 0.6 is 0 Å². The molecule has 1 aliphatic rings. The number of nitrogens with one attached hydrogen (secondary N) is 1. The Morgan fingerprint density at radius 2 is 1.78 bits per heavy atom. The van der Waals surface area contributed by atoms with E-state index in [1.54, 1.807) is 0 Å². The van der Waals surface area contributed by atoms with E-state index in [0.29, 0.717) is 17.5 Å². The molecule has 0 radical (unpaired) electrons. The third kappa shape index (κ3) is 5.27. The zero-order valence-corrected chi connectivity index (χ0v) is 13.4. The molecule has 2 nitrogen and oxygen atoms in total. The second-order valence-corrected chi connectivity index (χ2v) is 7.44. The van der Waals surface area contributed by atoms with Gasteiger partial charge in [-0.25, -0.2) is 0 Å². The van der Waals surface area contributed by atoms with Gasteiger partial charge in [-0.15, -0.1) is 0 Å². The molecule has 0 aliphatic carbocycles. The zero-order valence-electron chi connectivity index (χ0n) is 13.4. The molecule has 0 aromatic rings. The van der Waals surface area contributed by atoms with Gasteiger partial charge in [0.1, 0.15) is 0 Å². The molecule has 1 saturated heterocycles. The lowest BCUT2D eigenvalue weighted by Gasteiger charge is -2.31. The van der Waals surface area contributed by atoms with Crippen molar-refractivity contribution in [1.29, 1.82) is 0 Å². The predicted octanol–water partition coefficient (Wildman–Crippen LogP) is 3.52. The summed E-state index contributed by atoms with van der Waals surface area (Å²) in [7, 11) is 0. The number of hydrogen-bond acceptors (Lipinski definition) is 2. The van der Waals surface area contributed by atoms with Crippen LogP contribution in [-0.4, -0.2) is 36.6 Å². The topological polar surface area (TPSA) is 15.3 Å². The molecule has 0 bridgehead atoms. The number of rotatable bonds is 4. The molecule has 1 aliphatic heterocycles. The van der Waals surface area contributed by atoms with E-state index in [-0.39, 0.29) is 0 Å². The Bertz CT molecular complexity index is 230. The van der Waals surface area contributed by atoms with Gasteiger partial charge in [-0.05, 0) is 50.6 Å². The molecule has 0 amide bonds. The largest absolute Gasteiger partial charge is 0.313 e. The smallest absolute Gasteiger partial charge is 0.0192 e. The van der Waals surface area contributed by atoms with Gasteiger partial charge in [-0.2, -0.15) is 0 Å². The summed E-state index contributed by atoms with van der Waals surface area (Å²) >= 11 is 0. The van der Waals surface area contributed by atoms with E-state index in [4.69, 9.17) is 0 Å². The van der Waals surface area contributed by atoms with Crippen LogP contribution in [0.3, 0.4) is 0 Å². The van der Waals surface area contributed by atoms with Gasteiger partial charge in [0.15, 0.2) is 0 Å². The molecular formula is C16H34N2. The van der Waals surface area contributed by atoms with E-state index in [2.05, 4.69) is 51.8 Å². The molecule has 2 heteroatoms. The Labute approximate surface area is 115 Å². The van der Waals surface area contributed by atoms with Crippen molar-refractivity contribution in [3.8, 4) is 0 Å². The van der Waals surface area contributed by atoms with Crippen LogP contribution in [0.25, 0.3) is 0 Å². The van der Waals surface area contributed by atoms with Crippen LogP contribution in [0.1, 0.15) is 60.8 Å². The first-order valence-corrected chi connectivity index (χ1v) is 7.78. The van der Waals surface area contributed by atoms with Gasteiger partial charge in [-0.3, -0.25) is 4.90 Å². The van der Waals surface area contributed by atoms with Gasteiger partial charge in [0, 0.05) is 18.6 Å². The van der Waals surface area contributed by atoms with Crippen molar-refractivity contribution >= 4 is 0 Å². The highest BCUT2D eigenvalue weighted by Crippen LogP contribution is 2.34. The number of hydrogen-bond donors (Lipinski definition) is 1. The quantitative estimate of drug-likeness (QED) is 0.826. The normalized spacial score (nSPS) is 25.2. The fourth-order valence-electron chi connectivity index (χ4n) is 2.96. The van der Waals surface area contributed by atoms with Crippen molar-refractivity contribution in [2.24, 2.45) is 11.3 Å². The average Bonchev–Trinajstić information content (AvgIpc) is 2.50. The van der Waals surface area contributed by atoms with Crippen LogP contribution in [0.5, 0.6) is 0 Å². The van der Waals surface area contributed by atoms with Gasteiger partial charge < -0.3 is 5.32 Å². The molecular weight excluding hydrogens is 220 g/mol. The first kappa shape index (κ1) is 16.0. The van der Waals surface area contributed by atoms with Gasteiger partial charge in [0.25, 0.3) is 0 Å². The summed E-state index contributed by atoms with van der Waals surface area (Å²) in [6.07, 6.45) is 4.15. The highest BCUT2D eigenvalue weighted by molar-refractivity contribution is 4.81. The van der Waals surface area contributed by atoms with Crippen molar-refractivity contribution in [1.82, 2.24) is 10.2 Å². The average molecular weight is 254 g/mol. The van der Waals surface area contributed by atoms with E-state index < -0.39 is 0 Å². The lowest BCUT2D eigenvalue weighted by molar-refractivity contribution is 0.185. The Kier molecular flexibility index (Phi) is 6.13. The Morgan fingerprint density at radius 1 is 1.11 bits per heavy atom. The second-order valence-electron chi connectivity index (χ2n) is 7.44. The van der Waals surface area contributed by atoms with E-state index in [9.17, 15) is 0 Å². The number of likely N-dealkylation sites (tertiary alicyclic amines) is 1. The van der Waals surface area contributed by atoms with Crippen LogP contribution in [0.4, 0.5) is 0 Å². The van der Waals surface area contributed by atoms with Crippen molar-refractivity contribution in [2.75, 3.05) is 19.6 Å². The van der Waals surface area contributed by atoms with E-state index in [1.807, 2.05) is 0 Å². The first-order chi connectivity index (χ1) is 8.30. The molecule has 0 aromatic carbocycles. The van der Waals surface area contributed by atoms with Crippen molar-refractivity contribution in [2.45, 2.75) is 72.9 Å². The number of nitrogens with zero attached hydrogens (tertiary/aromatic N) is 1. The summed E-state index contributed by atoms with van der Waals surface area (Å²) in [5.41, 5.74) is 0.482. The molecule has 1 heterocycles. The highest BCUT2D eigenvalue weighted by atomic mass is 15.2. The molecule has 18 heavy (non-hydrogen) atoms. The lowest BCUT2D eigenvalue weighted by Crippen LogP contribution is -2.42. The molecule has 2 unspecified atom stereocenters. The Hall–Kier alpha value is -0.0800. The van der Waals surface area contributed by atoms with Crippen LogP contribution in [0, 0.1) is 11.3 Å². The highest BCUT2D eigenvalue weighted by Gasteiger charge is 2.28. The predicted molar refractivity (Wildman–Crippen MR) is 81.0 cm³/mol. The molecule has 108 valence electrons. The maximum absolute atomic E-state index is 3.56. The zero-order chi connectivity index (χ0) is 13.8. The van der Waals surface area contributed by atoms with Crippen molar-refractivity contribution < 1.29 is 0 Å². The van der Waals surface area contributed by atoms with E-state index in [1.165, 1.54) is 32.4 Å². The van der Waals surface area contributed by atoms with Gasteiger partial charge in [-0.1, -0.05) is 34.6 Å². The van der Waals surface area contributed by atoms with Gasteiger partial charge in [0.2, 0.25) is 0 Å². The minimum atomic E-state index is 0.482. The molecule has 1 rings (SSSR count). The molecule has 0 aromatic heterocycles. The maximum atomic E-state index is 3.56. The molecule has 0 saturated carbocycles. The fourth-order valence-corrected chi connectivity index (χ4v) is 2.96. The van der Waals surface area contributed by atoms with Crippen LogP contribution in [-0.2, 0) is 0 Å². The standard InChI is InChI=1S/C16H34N2/c1-13(2)17-12-14(3)18-10-7-8-15(9-11-18)16(4,5)6/h13-15,17H,7-12H2,1-6H3. The minimum absolute atomic E-state index is 0.482. The summed E-state index contributed by atoms with van der Waals surface area (Å²) < 4.78 is 0. The van der Waals surface area contributed by atoms with Crippen LogP contribution < -0.4 is 5.32 Å². The Morgan fingerprint density at radius 3 is 2.33 bits per heavy atom. The van der Waals surface area contributed by atoms with E-state index in [0.717, 1.165) is 12.5 Å². The summed E-state index contributed by atoms with van der Waals surface area (Å²) in [6, 6.07) is 1.27. The minimum Gasteiger partial charge on any atom is -0.313 e. The van der Waals surface area contributed by atoms with Crippen molar-refractivity contribution in [3.63, 3.8) is 0 Å². The summed E-state index contributed by atoms with van der Waals surface area (Å²) in [6.45, 7) is 17.7. The third-order valence-corrected chi connectivity index (χ3v) is 4.43. The summed E-state index contributed by atoms with van der Waals surface area (Å²) in [4.78, 5) is 2.68. The second kappa shape index (κ2) is 6.91. The van der Waals surface area contributed by atoms with Gasteiger partial charge >= 0.3 is 0 Å². The molecule has 1 fully saturated rings. The third-order valence-electron chi connectivity index (χ3n) is 4.43. The van der Waals surface area contributed by atoms with E-state index >= 15 is 0 Å².